The molecule has 0 saturated carbocycles. The van der Waals surface area contributed by atoms with Gasteiger partial charge in [-0.25, -0.2) is 0 Å². The predicted molar refractivity (Wildman–Crippen MR) is 333 cm³/mol. The molecule has 3 heterocycles. The molecule has 5 aliphatic rings. The summed E-state index contributed by atoms with van der Waals surface area (Å²) in [5.74, 6) is 0. The molecule has 388 valence electrons. The molecule has 2 aliphatic heterocycles. The normalized spacial score (nSPS) is 19.9. The summed E-state index contributed by atoms with van der Waals surface area (Å²) in [5, 5.41) is 2.73. The molecule has 0 spiro atoms. The number of benzene rings is 7. The number of thiophene rings is 1. The fourth-order valence-corrected chi connectivity index (χ4v) is 16.4. The highest BCUT2D eigenvalue weighted by Crippen LogP contribution is 2.56. The Morgan fingerprint density at radius 3 is 1.57 bits per heavy atom. The van der Waals surface area contributed by atoms with Crippen molar-refractivity contribution in [3.8, 4) is 11.1 Å². The molecule has 4 heteroatoms. The molecular formula is C72H81BN2S. The third-order valence-corrected chi connectivity index (χ3v) is 21.7. The van der Waals surface area contributed by atoms with Crippen LogP contribution in [0.1, 0.15) is 192 Å². The standard InChI is InChI=1S/C72H81BN2S/c1-42-20-18-19-21-47(42)44-35-60-63-61(36-44)75(58-40-54-51(34-43(58)2)68(8,9)30-32-71(54,14)15)57-27-25-49-48-24-22-45(66(3,4)5)37-62(48)76-65(49)64(57)73(63)56-39-53-55(72(16,17)33-31-70(53,12)13)41-59(56)74(60)46-23-26-50-52(38-46)69(10,11)29-28-67(50,6)7/h18-27,34-41H,28-33H2,1-17H3. The highest BCUT2D eigenvalue weighted by Gasteiger charge is 2.49. The number of hydrogen-bond donors (Lipinski definition) is 0. The van der Waals surface area contributed by atoms with Crippen molar-refractivity contribution in [2.24, 2.45) is 0 Å². The number of rotatable bonds is 3. The average Bonchev–Trinajstić information content (AvgIpc) is 3.86. The van der Waals surface area contributed by atoms with Gasteiger partial charge in [-0.05, 0) is 222 Å². The maximum Gasteiger partial charge on any atom is 0.254 e. The second kappa shape index (κ2) is 16.0. The zero-order valence-corrected chi connectivity index (χ0v) is 49.8. The van der Waals surface area contributed by atoms with E-state index in [1.807, 2.05) is 11.3 Å². The Hall–Kier alpha value is -5.58. The first-order chi connectivity index (χ1) is 35.6. The maximum absolute atomic E-state index is 2.76. The van der Waals surface area contributed by atoms with Gasteiger partial charge in [0.2, 0.25) is 0 Å². The Morgan fingerprint density at radius 2 is 0.961 bits per heavy atom. The molecule has 0 unspecified atom stereocenters. The van der Waals surface area contributed by atoms with Crippen LogP contribution in [0, 0.1) is 13.8 Å². The average molecular weight is 1020 g/mol. The molecule has 2 nitrogen and oxygen atoms in total. The lowest BCUT2D eigenvalue weighted by molar-refractivity contribution is 0.332. The monoisotopic (exact) mass is 1020 g/mol. The Kier molecular flexibility index (Phi) is 10.5. The van der Waals surface area contributed by atoms with E-state index in [4.69, 9.17) is 0 Å². The van der Waals surface area contributed by atoms with E-state index >= 15 is 0 Å². The van der Waals surface area contributed by atoms with Crippen LogP contribution in [-0.2, 0) is 37.9 Å². The van der Waals surface area contributed by atoms with Crippen LogP contribution in [0.4, 0.5) is 34.1 Å². The Bertz CT molecular complexity index is 3810. The van der Waals surface area contributed by atoms with Crippen molar-refractivity contribution < 1.29 is 0 Å². The summed E-state index contributed by atoms with van der Waals surface area (Å²) >= 11 is 2.03. The van der Waals surface area contributed by atoms with Gasteiger partial charge in [0, 0.05) is 48.9 Å². The van der Waals surface area contributed by atoms with Crippen molar-refractivity contribution >= 4 is 88.7 Å². The highest BCUT2D eigenvalue weighted by atomic mass is 32.1. The van der Waals surface area contributed by atoms with Crippen LogP contribution in [0.5, 0.6) is 0 Å². The summed E-state index contributed by atoms with van der Waals surface area (Å²) in [5.41, 5.74) is 28.1. The minimum atomic E-state index is -0.0142. The van der Waals surface area contributed by atoms with E-state index < -0.39 is 0 Å². The summed E-state index contributed by atoms with van der Waals surface area (Å²) in [7, 11) is 0. The molecule has 0 fully saturated rings. The van der Waals surface area contributed by atoms with Crippen LogP contribution in [0.25, 0.3) is 31.3 Å². The molecule has 0 N–H and O–H groups in total. The lowest BCUT2D eigenvalue weighted by atomic mass is 9.33. The summed E-state index contributed by atoms with van der Waals surface area (Å²) in [4.78, 5) is 5.52. The second-order valence-corrected chi connectivity index (χ2v) is 30.5. The molecule has 8 aromatic rings. The summed E-state index contributed by atoms with van der Waals surface area (Å²) in [6.07, 6.45) is 7.07. The number of aryl methyl sites for hydroxylation is 2. The van der Waals surface area contributed by atoms with Crippen LogP contribution in [0.15, 0.2) is 109 Å². The van der Waals surface area contributed by atoms with E-state index in [0.717, 1.165) is 0 Å². The smallest absolute Gasteiger partial charge is 0.254 e. The van der Waals surface area contributed by atoms with E-state index in [9.17, 15) is 0 Å². The van der Waals surface area contributed by atoms with E-state index in [1.165, 1.54) is 170 Å². The third kappa shape index (κ3) is 7.23. The molecule has 13 rings (SSSR count). The molecule has 76 heavy (non-hydrogen) atoms. The van der Waals surface area contributed by atoms with Crippen molar-refractivity contribution in [1.82, 2.24) is 0 Å². The van der Waals surface area contributed by atoms with Crippen molar-refractivity contribution in [2.75, 3.05) is 9.80 Å². The maximum atomic E-state index is 2.76. The predicted octanol–water partition coefficient (Wildman–Crippen LogP) is 18.8. The van der Waals surface area contributed by atoms with Crippen LogP contribution in [0.3, 0.4) is 0 Å². The van der Waals surface area contributed by atoms with Gasteiger partial charge in [0.15, 0.2) is 0 Å². The Labute approximate surface area is 460 Å². The number of fused-ring (bicyclic) bond motifs is 11. The van der Waals surface area contributed by atoms with E-state index in [1.54, 1.807) is 0 Å². The molecule has 0 saturated heterocycles. The fraction of sp³-hybridized carbons (Fsp3) is 0.417. The zero-order chi connectivity index (χ0) is 53.8. The van der Waals surface area contributed by atoms with Gasteiger partial charge in [-0.2, -0.15) is 0 Å². The lowest BCUT2D eigenvalue weighted by Gasteiger charge is -2.48. The second-order valence-electron chi connectivity index (χ2n) is 29.5. The summed E-state index contributed by atoms with van der Waals surface area (Å²) < 4.78 is 2.79. The van der Waals surface area contributed by atoms with Crippen molar-refractivity contribution in [2.45, 2.75) is 194 Å². The topological polar surface area (TPSA) is 6.48 Å². The largest absolute Gasteiger partial charge is 0.311 e. The first kappa shape index (κ1) is 50.0. The number of nitrogens with zero attached hydrogens (tertiary/aromatic N) is 2. The van der Waals surface area contributed by atoms with Gasteiger partial charge in [0.25, 0.3) is 6.71 Å². The quantitative estimate of drug-likeness (QED) is 0.163. The Morgan fingerprint density at radius 1 is 0.434 bits per heavy atom. The molecule has 7 aromatic carbocycles. The van der Waals surface area contributed by atoms with Crippen LogP contribution >= 0.6 is 11.3 Å². The van der Waals surface area contributed by atoms with E-state index in [2.05, 4.69) is 237 Å². The van der Waals surface area contributed by atoms with Gasteiger partial charge in [-0.15, -0.1) is 11.3 Å². The number of hydrogen-bond acceptors (Lipinski definition) is 3. The summed E-state index contributed by atoms with van der Waals surface area (Å²) in [6.45, 7) is 41.7. The molecule has 0 atom stereocenters. The number of anilines is 6. The molecule has 3 aliphatic carbocycles. The van der Waals surface area contributed by atoms with Gasteiger partial charge in [0.05, 0.1) is 0 Å². The van der Waals surface area contributed by atoms with Crippen LogP contribution in [-0.4, -0.2) is 6.71 Å². The van der Waals surface area contributed by atoms with Gasteiger partial charge >= 0.3 is 0 Å². The zero-order valence-electron chi connectivity index (χ0n) is 49.0. The lowest BCUT2D eigenvalue weighted by Crippen LogP contribution is -2.62. The minimum Gasteiger partial charge on any atom is -0.311 e. The minimum absolute atomic E-state index is 0.0142. The van der Waals surface area contributed by atoms with Gasteiger partial charge in [0.1, 0.15) is 0 Å². The Balaban J connectivity index is 1.22. The SMILES string of the molecule is Cc1ccccc1-c1cc2c3c(c1)N(c1cc4c(cc1C)C(C)(C)CCC4(C)C)c1ccc4c(sc5cc(C(C)(C)C)ccc54)c1B3c1cc3c(cc1N2c1ccc2c(c1)C(C)(C)CCC2(C)C)C(C)(C)CCC3(C)C. The van der Waals surface area contributed by atoms with Gasteiger partial charge in [-0.1, -0.05) is 165 Å². The molecule has 1 aromatic heterocycles. The van der Waals surface area contributed by atoms with Crippen molar-refractivity contribution in [3.63, 3.8) is 0 Å². The molecule has 0 radical (unpaired) electrons. The van der Waals surface area contributed by atoms with Crippen LogP contribution < -0.4 is 26.2 Å². The van der Waals surface area contributed by atoms with Crippen molar-refractivity contribution in [3.05, 3.63) is 159 Å². The van der Waals surface area contributed by atoms with E-state index in [-0.39, 0.29) is 44.6 Å². The molecule has 0 amide bonds. The van der Waals surface area contributed by atoms with Crippen LogP contribution in [0.2, 0.25) is 0 Å². The van der Waals surface area contributed by atoms with E-state index in [0.29, 0.717) is 0 Å². The molecular weight excluding hydrogens is 936 g/mol. The van der Waals surface area contributed by atoms with Gasteiger partial charge < -0.3 is 9.80 Å². The fourth-order valence-electron chi connectivity index (χ4n) is 15.1. The highest BCUT2D eigenvalue weighted by molar-refractivity contribution is 7.28. The molecule has 0 bridgehead atoms. The van der Waals surface area contributed by atoms with Crippen molar-refractivity contribution in [1.29, 1.82) is 0 Å². The van der Waals surface area contributed by atoms with Gasteiger partial charge in [-0.3, -0.25) is 0 Å². The first-order valence-electron chi connectivity index (χ1n) is 28.9. The summed E-state index contributed by atoms with van der Waals surface area (Å²) in [6, 6.07) is 45.0. The first-order valence-corrected chi connectivity index (χ1v) is 29.7. The third-order valence-electron chi connectivity index (χ3n) is 20.5.